The SMILES string of the molecule is COc1ccc(C2=N[C@H](c3ccccc3)[C@@H](N(C)C)S2)cc1. The summed E-state index contributed by atoms with van der Waals surface area (Å²) in [6.45, 7) is 0. The number of hydrogen-bond acceptors (Lipinski definition) is 4. The van der Waals surface area contributed by atoms with Gasteiger partial charge in [-0.15, -0.1) is 0 Å². The van der Waals surface area contributed by atoms with E-state index < -0.39 is 0 Å². The molecule has 0 saturated carbocycles. The van der Waals surface area contributed by atoms with Crippen LogP contribution in [0.1, 0.15) is 17.2 Å². The van der Waals surface area contributed by atoms with Crippen molar-refractivity contribution in [3.8, 4) is 5.75 Å². The standard InChI is InChI=1S/C18H20N2OS/c1-20(2)18-16(13-7-5-4-6-8-13)19-17(22-18)14-9-11-15(21-3)12-10-14/h4-12,16,18H,1-3H3/t16-,18+/m1/s1. The number of ether oxygens (including phenoxy) is 1. The highest BCUT2D eigenvalue weighted by Gasteiger charge is 2.33. The van der Waals surface area contributed by atoms with Crippen LogP contribution < -0.4 is 4.74 Å². The zero-order valence-corrected chi connectivity index (χ0v) is 13.9. The minimum absolute atomic E-state index is 0.165. The molecule has 3 rings (SSSR count). The van der Waals surface area contributed by atoms with E-state index in [0.29, 0.717) is 5.37 Å². The second-order valence-electron chi connectivity index (χ2n) is 5.49. The molecule has 1 aliphatic heterocycles. The number of methoxy groups -OCH3 is 1. The van der Waals surface area contributed by atoms with Crippen LogP contribution in [0, 0.1) is 0 Å². The van der Waals surface area contributed by atoms with Crippen LogP contribution in [0.15, 0.2) is 59.6 Å². The van der Waals surface area contributed by atoms with E-state index in [1.54, 1.807) is 7.11 Å². The van der Waals surface area contributed by atoms with Crippen LogP contribution in [0.3, 0.4) is 0 Å². The summed E-state index contributed by atoms with van der Waals surface area (Å²) in [5, 5.41) is 1.41. The van der Waals surface area contributed by atoms with E-state index in [0.717, 1.165) is 16.4 Å². The highest BCUT2D eigenvalue weighted by Crippen LogP contribution is 2.40. The van der Waals surface area contributed by atoms with Gasteiger partial charge in [-0.2, -0.15) is 0 Å². The number of rotatable bonds is 4. The minimum atomic E-state index is 0.165. The largest absolute Gasteiger partial charge is 0.497 e. The van der Waals surface area contributed by atoms with E-state index in [-0.39, 0.29) is 6.04 Å². The summed E-state index contributed by atoms with van der Waals surface area (Å²) in [6.07, 6.45) is 0. The molecule has 0 radical (unpaired) electrons. The molecule has 2 aromatic carbocycles. The van der Waals surface area contributed by atoms with Crippen molar-refractivity contribution in [2.75, 3.05) is 21.2 Å². The first-order chi connectivity index (χ1) is 10.7. The molecule has 0 amide bonds. The van der Waals surface area contributed by atoms with E-state index in [9.17, 15) is 0 Å². The Kier molecular flexibility index (Phi) is 4.50. The number of aliphatic imine (C=N–C) groups is 1. The monoisotopic (exact) mass is 312 g/mol. The lowest BCUT2D eigenvalue weighted by molar-refractivity contribution is 0.349. The summed E-state index contributed by atoms with van der Waals surface area (Å²) in [7, 11) is 5.91. The maximum absolute atomic E-state index is 5.23. The molecule has 0 aliphatic carbocycles. The average Bonchev–Trinajstić information content (AvgIpc) is 3.01. The molecule has 0 spiro atoms. The quantitative estimate of drug-likeness (QED) is 0.858. The molecule has 0 N–H and O–H groups in total. The lowest BCUT2D eigenvalue weighted by Gasteiger charge is -2.24. The summed E-state index contributed by atoms with van der Waals surface area (Å²) in [4.78, 5) is 7.22. The summed E-state index contributed by atoms with van der Waals surface area (Å²) < 4.78 is 5.23. The first-order valence-electron chi connectivity index (χ1n) is 7.29. The summed E-state index contributed by atoms with van der Waals surface area (Å²) in [5.74, 6) is 0.871. The van der Waals surface area contributed by atoms with Gasteiger partial charge in [0.2, 0.25) is 0 Å². The fraction of sp³-hybridized carbons (Fsp3) is 0.278. The van der Waals surface area contributed by atoms with E-state index in [1.807, 2.05) is 30.0 Å². The third-order valence-electron chi connectivity index (χ3n) is 3.75. The van der Waals surface area contributed by atoms with Crippen molar-refractivity contribution in [1.82, 2.24) is 4.90 Å². The molecule has 0 fully saturated rings. The molecule has 2 atom stereocenters. The highest BCUT2D eigenvalue weighted by atomic mass is 32.2. The van der Waals surface area contributed by atoms with Crippen molar-refractivity contribution in [3.63, 3.8) is 0 Å². The molecule has 0 bridgehead atoms. The van der Waals surface area contributed by atoms with Crippen molar-refractivity contribution >= 4 is 16.8 Å². The number of nitrogens with zero attached hydrogens (tertiary/aromatic N) is 2. The Labute approximate surface area is 136 Å². The molecule has 0 aromatic heterocycles. The Hall–Kier alpha value is -1.78. The fourth-order valence-corrected chi connectivity index (χ4v) is 3.79. The van der Waals surface area contributed by atoms with Crippen molar-refractivity contribution in [1.29, 1.82) is 0 Å². The van der Waals surface area contributed by atoms with E-state index in [1.165, 1.54) is 5.56 Å². The van der Waals surface area contributed by atoms with Crippen LogP contribution in [0.4, 0.5) is 0 Å². The van der Waals surface area contributed by atoms with Crippen LogP contribution in [-0.2, 0) is 0 Å². The lowest BCUT2D eigenvalue weighted by Crippen LogP contribution is -2.28. The molecule has 0 saturated heterocycles. The van der Waals surface area contributed by atoms with Gasteiger partial charge in [0.15, 0.2) is 0 Å². The molecule has 3 nitrogen and oxygen atoms in total. The molecule has 0 unspecified atom stereocenters. The lowest BCUT2D eigenvalue weighted by atomic mass is 10.1. The fourth-order valence-electron chi connectivity index (χ4n) is 2.55. The summed E-state index contributed by atoms with van der Waals surface area (Å²) in [5.41, 5.74) is 2.41. The Morgan fingerprint density at radius 2 is 1.68 bits per heavy atom. The Morgan fingerprint density at radius 3 is 2.27 bits per heavy atom. The van der Waals surface area contributed by atoms with E-state index >= 15 is 0 Å². The third kappa shape index (κ3) is 3.03. The average molecular weight is 312 g/mol. The molecule has 1 heterocycles. The van der Waals surface area contributed by atoms with Gasteiger partial charge in [-0.25, -0.2) is 0 Å². The molecular weight excluding hydrogens is 292 g/mol. The first-order valence-corrected chi connectivity index (χ1v) is 8.17. The second kappa shape index (κ2) is 6.55. The van der Waals surface area contributed by atoms with Crippen molar-refractivity contribution in [3.05, 3.63) is 65.7 Å². The molecule has 2 aromatic rings. The summed E-state index contributed by atoms with van der Waals surface area (Å²) in [6, 6.07) is 18.8. The van der Waals surface area contributed by atoms with Gasteiger partial charge in [0, 0.05) is 5.56 Å². The van der Waals surface area contributed by atoms with Gasteiger partial charge in [-0.1, -0.05) is 42.1 Å². The Bertz CT molecular complexity index is 653. The number of hydrogen-bond donors (Lipinski definition) is 0. The van der Waals surface area contributed by atoms with Crippen molar-refractivity contribution < 1.29 is 4.74 Å². The van der Waals surface area contributed by atoms with Gasteiger partial charge in [0.25, 0.3) is 0 Å². The first kappa shape index (κ1) is 15.1. The van der Waals surface area contributed by atoms with Gasteiger partial charge in [-0.3, -0.25) is 9.89 Å². The van der Waals surface area contributed by atoms with Gasteiger partial charge in [0.05, 0.1) is 12.5 Å². The van der Waals surface area contributed by atoms with Crippen molar-refractivity contribution in [2.45, 2.75) is 11.4 Å². The second-order valence-corrected chi connectivity index (χ2v) is 6.60. The maximum atomic E-state index is 5.23. The van der Waals surface area contributed by atoms with Crippen LogP contribution >= 0.6 is 11.8 Å². The Morgan fingerprint density at radius 1 is 1.00 bits per heavy atom. The van der Waals surface area contributed by atoms with Gasteiger partial charge in [0.1, 0.15) is 16.8 Å². The predicted molar refractivity (Wildman–Crippen MR) is 93.8 cm³/mol. The van der Waals surface area contributed by atoms with Crippen molar-refractivity contribution in [2.24, 2.45) is 4.99 Å². The minimum Gasteiger partial charge on any atom is -0.497 e. The zero-order chi connectivity index (χ0) is 15.5. The van der Waals surface area contributed by atoms with Gasteiger partial charge < -0.3 is 4.74 Å². The van der Waals surface area contributed by atoms with Crippen LogP contribution in [0.5, 0.6) is 5.75 Å². The Balaban J connectivity index is 1.92. The number of benzene rings is 2. The third-order valence-corrected chi connectivity index (χ3v) is 5.23. The smallest absolute Gasteiger partial charge is 0.118 e. The topological polar surface area (TPSA) is 24.8 Å². The number of likely N-dealkylation sites (N-methyl/N-ethyl adjacent to an activating group) is 1. The molecule has 22 heavy (non-hydrogen) atoms. The van der Waals surface area contributed by atoms with Gasteiger partial charge in [-0.05, 0) is 43.9 Å². The molecular formula is C18H20N2OS. The van der Waals surface area contributed by atoms with Crippen LogP contribution in [0.25, 0.3) is 0 Å². The van der Waals surface area contributed by atoms with Gasteiger partial charge >= 0.3 is 0 Å². The molecule has 4 heteroatoms. The van der Waals surface area contributed by atoms with E-state index in [2.05, 4.69) is 55.4 Å². The normalized spacial score (nSPS) is 21.0. The molecule has 114 valence electrons. The maximum Gasteiger partial charge on any atom is 0.118 e. The zero-order valence-electron chi connectivity index (χ0n) is 13.1. The van der Waals surface area contributed by atoms with Crippen LogP contribution in [-0.4, -0.2) is 36.5 Å². The van der Waals surface area contributed by atoms with E-state index in [4.69, 9.17) is 9.73 Å². The summed E-state index contributed by atoms with van der Waals surface area (Å²) >= 11 is 1.82. The highest BCUT2D eigenvalue weighted by molar-refractivity contribution is 8.15. The number of thioether (sulfide) groups is 1. The molecule has 1 aliphatic rings. The van der Waals surface area contributed by atoms with Crippen LogP contribution in [0.2, 0.25) is 0 Å². The predicted octanol–water partition coefficient (Wildman–Crippen LogP) is 3.82.